The first-order valence-corrected chi connectivity index (χ1v) is 6.54. The molecule has 5 nitrogen and oxygen atoms in total. The summed E-state index contributed by atoms with van der Waals surface area (Å²) in [5, 5.41) is 14.1. The maximum absolute atomic E-state index is 10.0. The Labute approximate surface area is 108 Å². The van der Waals surface area contributed by atoms with Gasteiger partial charge in [0.25, 0.3) is 0 Å². The van der Waals surface area contributed by atoms with Crippen LogP contribution in [-0.4, -0.2) is 38.8 Å². The molecule has 0 aliphatic carbocycles. The van der Waals surface area contributed by atoms with Crippen LogP contribution in [0.4, 0.5) is 0 Å². The van der Waals surface area contributed by atoms with Gasteiger partial charge in [-0.3, -0.25) is 4.90 Å². The Morgan fingerprint density at radius 1 is 1.44 bits per heavy atom. The predicted molar refractivity (Wildman–Crippen MR) is 68.1 cm³/mol. The van der Waals surface area contributed by atoms with E-state index >= 15 is 0 Å². The van der Waals surface area contributed by atoms with Crippen molar-refractivity contribution in [2.24, 2.45) is 0 Å². The molecule has 0 saturated carbocycles. The monoisotopic (exact) mass is 253 g/mol. The van der Waals surface area contributed by atoms with Gasteiger partial charge in [0.1, 0.15) is 0 Å². The maximum Gasteiger partial charge on any atom is 0.240 e. The number of aliphatic hydroxyl groups is 1. The van der Waals surface area contributed by atoms with Crippen molar-refractivity contribution in [1.82, 2.24) is 15.0 Å². The van der Waals surface area contributed by atoms with E-state index in [0.717, 1.165) is 25.2 Å². The molecule has 0 radical (unpaired) electrons. The highest BCUT2D eigenvalue weighted by Gasteiger charge is 2.29. The van der Waals surface area contributed by atoms with Crippen LogP contribution in [0.5, 0.6) is 0 Å². The van der Waals surface area contributed by atoms with Gasteiger partial charge in [0.15, 0.2) is 5.82 Å². The van der Waals surface area contributed by atoms with Gasteiger partial charge in [-0.15, -0.1) is 0 Å². The predicted octanol–water partition coefficient (Wildman–Crippen LogP) is 1.71. The van der Waals surface area contributed by atoms with Crippen molar-refractivity contribution in [2.45, 2.75) is 58.1 Å². The molecule has 0 aromatic carbocycles. The number of rotatable bonds is 2. The van der Waals surface area contributed by atoms with Gasteiger partial charge in [-0.2, -0.15) is 4.98 Å². The van der Waals surface area contributed by atoms with E-state index in [0.29, 0.717) is 19.0 Å². The molecule has 0 bridgehead atoms. The van der Waals surface area contributed by atoms with Gasteiger partial charge >= 0.3 is 0 Å². The van der Waals surface area contributed by atoms with Crippen molar-refractivity contribution < 1.29 is 9.63 Å². The van der Waals surface area contributed by atoms with Crippen molar-refractivity contribution >= 4 is 0 Å². The van der Waals surface area contributed by atoms with Gasteiger partial charge in [0.05, 0.1) is 12.1 Å². The fourth-order valence-corrected chi connectivity index (χ4v) is 2.27. The maximum atomic E-state index is 10.0. The smallest absolute Gasteiger partial charge is 0.240 e. The zero-order valence-electron chi connectivity index (χ0n) is 11.7. The lowest BCUT2D eigenvalue weighted by Crippen LogP contribution is -2.45. The fraction of sp³-hybridized carbons (Fsp3) is 0.846. The second-order valence-electron chi connectivity index (χ2n) is 6.57. The number of nitrogens with zero attached hydrogens (tertiary/aromatic N) is 3. The van der Waals surface area contributed by atoms with Crippen molar-refractivity contribution in [3.05, 3.63) is 11.7 Å². The van der Waals surface area contributed by atoms with Crippen molar-refractivity contribution in [1.29, 1.82) is 0 Å². The van der Waals surface area contributed by atoms with Crippen LogP contribution in [0.1, 0.15) is 52.3 Å². The lowest BCUT2D eigenvalue weighted by atomic mass is 9.95. The topological polar surface area (TPSA) is 62.4 Å². The fourth-order valence-electron chi connectivity index (χ4n) is 2.27. The molecule has 18 heavy (non-hydrogen) atoms. The lowest BCUT2D eigenvalue weighted by Gasteiger charge is -2.35. The summed E-state index contributed by atoms with van der Waals surface area (Å²) in [7, 11) is 0. The summed E-state index contributed by atoms with van der Waals surface area (Å²) in [4.78, 5) is 6.59. The number of aromatic nitrogens is 2. The van der Waals surface area contributed by atoms with Gasteiger partial charge < -0.3 is 9.63 Å². The van der Waals surface area contributed by atoms with E-state index in [1.54, 1.807) is 0 Å². The molecule has 102 valence electrons. The number of piperidine rings is 1. The number of hydrogen-bond donors (Lipinski definition) is 1. The van der Waals surface area contributed by atoms with Crippen LogP contribution in [0.25, 0.3) is 0 Å². The first-order valence-electron chi connectivity index (χ1n) is 6.54. The van der Waals surface area contributed by atoms with Crippen molar-refractivity contribution in [2.75, 3.05) is 13.1 Å². The molecule has 1 atom stereocenters. The highest BCUT2D eigenvalue weighted by molar-refractivity contribution is 5.00. The summed E-state index contributed by atoms with van der Waals surface area (Å²) in [6.45, 7) is 10.3. The van der Waals surface area contributed by atoms with E-state index in [-0.39, 0.29) is 5.41 Å². The van der Waals surface area contributed by atoms with Crippen LogP contribution in [0.3, 0.4) is 0 Å². The lowest BCUT2D eigenvalue weighted by molar-refractivity contribution is -0.0207. The summed E-state index contributed by atoms with van der Waals surface area (Å²) >= 11 is 0. The number of hydrogen-bond acceptors (Lipinski definition) is 5. The molecular weight excluding hydrogens is 230 g/mol. The second-order valence-corrected chi connectivity index (χ2v) is 6.57. The van der Waals surface area contributed by atoms with Gasteiger partial charge in [-0.1, -0.05) is 25.9 Å². The molecule has 5 heteroatoms. The third kappa shape index (κ3) is 3.29. The molecule has 1 aromatic rings. The molecule has 2 rings (SSSR count). The molecule has 2 heterocycles. The van der Waals surface area contributed by atoms with Crippen molar-refractivity contribution in [3.63, 3.8) is 0 Å². The van der Waals surface area contributed by atoms with Crippen LogP contribution in [-0.2, 0) is 12.0 Å². The highest BCUT2D eigenvalue weighted by Crippen LogP contribution is 2.23. The van der Waals surface area contributed by atoms with Gasteiger partial charge in [-0.25, -0.2) is 0 Å². The number of likely N-dealkylation sites (tertiary alicyclic amines) is 1. The first-order chi connectivity index (χ1) is 8.26. The summed E-state index contributed by atoms with van der Waals surface area (Å²) in [6, 6.07) is 0. The van der Waals surface area contributed by atoms with Gasteiger partial charge in [0, 0.05) is 12.0 Å². The highest BCUT2D eigenvalue weighted by atomic mass is 16.5. The molecule has 0 spiro atoms. The number of β-amino-alcohol motifs (C(OH)–C–C–N with tert-alkyl or cyclic N) is 1. The van der Waals surface area contributed by atoms with E-state index in [1.165, 1.54) is 0 Å². The SMILES string of the molecule is CC1(O)CCCN(Cc2nc(C(C)(C)C)no2)C1. The molecule has 0 amide bonds. The summed E-state index contributed by atoms with van der Waals surface area (Å²) < 4.78 is 5.28. The molecule has 1 fully saturated rings. The van der Waals surface area contributed by atoms with Crippen LogP contribution in [0.15, 0.2) is 4.52 Å². The normalized spacial score (nSPS) is 26.5. The van der Waals surface area contributed by atoms with Crippen LogP contribution in [0.2, 0.25) is 0 Å². The Morgan fingerprint density at radius 3 is 2.72 bits per heavy atom. The molecular formula is C13H23N3O2. The molecule has 1 aliphatic rings. The summed E-state index contributed by atoms with van der Waals surface area (Å²) in [5.41, 5.74) is -0.680. The van der Waals surface area contributed by atoms with E-state index in [4.69, 9.17) is 4.52 Å². The van der Waals surface area contributed by atoms with Crippen LogP contribution >= 0.6 is 0 Å². The van der Waals surface area contributed by atoms with E-state index < -0.39 is 5.60 Å². The average Bonchev–Trinajstić information content (AvgIpc) is 2.63. The average molecular weight is 253 g/mol. The van der Waals surface area contributed by atoms with Crippen molar-refractivity contribution in [3.8, 4) is 0 Å². The minimum Gasteiger partial charge on any atom is -0.389 e. The van der Waals surface area contributed by atoms with E-state index in [9.17, 15) is 5.11 Å². The molecule has 1 saturated heterocycles. The largest absolute Gasteiger partial charge is 0.389 e. The Kier molecular flexibility index (Phi) is 3.47. The molecule has 1 aromatic heterocycles. The summed E-state index contributed by atoms with van der Waals surface area (Å²) in [5.74, 6) is 1.37. The molecule has 1 aliphatic heterocycles. The van der Waals surface area contributed by atoms with Crippen LogP contribution < -0.4 is 0 Å². The minimum atomic E-state index is -0.592. The third-order valence-electron chi connectivity index (χ3n) is 3.25. The summed E-state index contributed by atoms with van der Waals surface area (Å²) in [6.07, 6.45) is 1.87. The molecule has 1 N–H and O–H groups in total. The zero-order valence-corrected chi connectivity index (χ0v) is 11.7. The van der Waals surface area contributed by atoms with Gasteiger partial charge in [-0.05, 0) is 26.3 Å². The Bertz CT molecular complexity index is 407. The minimum absolute atomic E-state index is 0.0882. The van der Waals surface area contributed by atoms with E-state index in [2.05, 4.69) is 35.8 Å². The zero-order chi connectivity index (χ0) is 13.4. The Hall–Kier alpha value is -0.940. The first kappa shape index (κ1) is 13.5. The standard InChI is InChI=1S/C13H23N3O2/c1-12(2,3)11-14-10(18-15-11)8-16-7-5-6-13(4,17)9-16/h17H,5-9H2,1-4H3. The third-order valence-corrected chi connectivity index (χ3v) is 3.25. The quantitative estimate of drug-likeness (QED) is 0.869. The Morgan fingerprint density at radius 2 is 2.17 bits per heavy atom. The van der Waals surface area contributed by atoms with Crippen LogP contribution in [0, 0.1) is 0 Å². The second kappa shape index (κ2) is 4.63. The van der Waals surface area contributed by atoms with E-state index in [1.807, 2.05) is 6.92 Å². The van der Waals surface area contributed by atoms with Gasteiger partial charge in [0.2, 0.25) is 5.89 Å². The molecule has 1 unspecified atom stereocenters. The Balaban J connectivity index is 1.99.